The minimum Gasteiger partial charge on any atom is -0.372 e. The van der Waals surface area contributed by atoms with Crippen molar-refractivity contribution in [1.29, 1.82) is 0 Å². The number of aryl methyl sites for hydroxylation is 1. The SMILES string of the molecule is N[C@]1(O)CCc2ccccc21. The summed E-state index contributed by atoms with van der Waals surface area (Å²) in [5, 5.41) is 9.62. The first-order chi connectivity index (χ1) is 5.20. The van der Waals surface area contributed by atoms with Crippen LogP contribution in [0, 0.1) is 0 Å². The number of aliphatic hydroxyl groups is 1. The summed E-state index contributed by atoms with van der Waals surface area (Å²) in [6.45, 7) is 0. The third-order valence-corrected chi connectivity index (χ3v) is 2.26. The van der Waals surface area contributed by atoms with Gasteiger partial charge in [-0.05, 0) is 18.4 Å². The van der Waals surface area contributed by atoms with Gasteiger partial charge in [0.1, 0.15) is 5.72 Å². The zero-order chi connectivity index (χ0) is 7.90. The largest absolute Gasteiger partial charge is 0.372 e. The summed E-state index contributed by atoms with van der Waals surface area (Å²) in [6, 6.07) is 7.78. The first-order valence-electron chi connectivity index (χ1n) is 3.80. The monoisotopic (exact) mass is 149 g/mol. The molecule has 0 saturated heterocycles. The number of fused-ring (bicyclic) bond motifs is 1. The van der Waals surface area contributed by atoms with Crippen molar-refractivity contribution in [3.63, 3.8) is 0 Å². The van der Waals surface area contributed by atoms with Gasteiger partial charge in [-0.2, -0.15) is 0 Å². The van der Waals surface area contributed by atoms with Crippen LogP contribution in [0.2, 0.25) is 0 Å². The summed E-state index contributed by atoms with van der Waals surface area (Å²) in [7, 11) is 0. The molecule has 11 heavy (non-hydrogen) atoms. The van der Waals surface area contributed by atoms with E-state index in [0.717, 1.165) is 12.0 Å². The number of hydrogen-bond acceptors (Lipinski definition) is 2. The van der Waals surface area contributed by atoms with Crippen LogP contribution in [0.25, 0.3) is 0 Å². The van der Waals surface area contributed by atoms with E-state index in [-0.39, 0.29) is 0 Å². The first-order valence-corrected chi connectivity index (χ1v) is 3.80. The molecule has 0 unspecified atom stereocenters. The highest BCUT2D eigenvalue weighted by atomic mass is 16.3. The summed E-state index contributed by atoms with van der Waals surface area (Å²) >= 11 is 0. The zero-order valence-corrected chi connectivity index (χ0v) is 6.25. The van der Waals surface area contributed by atoms with E-state index in [4.69, 9.17) is 5.73 Å². The molecule has 2 heteroatoms. The topological polar surface area (TPSA) is 46.2 Å². The van der Waals surface area contributed by atoms with Crippen LogP contribution in [0.4, 0.5) is 0 Å². The van der Waals surface area contributed by atoms with E-state index in [1.165, 1.54) is 5.56 Å². The molecule has 1 aromatic carbocycles. The average Bonchev–Trinajstić information content (AvgIpc) is 2.29. The van der Waals surface area contributed by atoms with E-state index in [1.54, 1.807) is 0 Å². The van der Waals surface area contributed by atoms with Gasteiger partial charge in [-0.15, -0.1) is 0 Å². The van der Waals surface area contributed by atoms with Crippen LogP contribution in [0.15, 0.2) is 24.3 Å². The Labute approximate surface area is 65.7 Å². The number of benzene rings is 1. The van der Waals surface area contributed by atoms with Gasteiger partial charge in [-0.3, -0.25) is 5.73 Å². The van der Waals surface area contributed by atoms with E-state index in [9.17, 15) is 5.11 Å². The third kappa shape index (κ3) is 0.951. The van der Waals surface area contributed by atoms with E-state index >= 15 is 0 Å². The summed E-state index contributed by atoms with van der Waals surface area (Å²) in [5.74, 6) is 0. The fourth-order valence-electron chi connectivity index (χ4n) is 1.62. The molecule has 3 N–H and O–H groups in total. The molecule has 0 heterocycles. The molecule has 0 amide bonds. The smallest absolute Gasteiger partial charge is 0.140 e. The van der Waals surface area contributed by atoms with Crippen molar-refractivity contribution in [3.05, 3.63) is 35.4 Å². The molecule has 1 atom stereocenters. The number of nitrogens with two attached hydrogens (primary N) is 1. The molecule has 0 fully saturated rings. The van der Waals surface area contributed by atoms with E-state index in [2.05, 4.69) is 0 Å². The van der Waals surface area contributed by atoms with Gasteiger partial charge < -0.3 is 5.11 Å². The highest BCUT2D eigenvalue weighted by Crippen LogP contribution is 2.31. The van der Waals surface area contributed by atoms with Crippen molar-refractivity contribution >= 4 is 0 Å². The lowest BCUT2D eigenvalue weighted by Crippen LogP contribution is -2.33. The molecular weight excluding hydrogens is 138 g/mol. The molecule has 0 spiro atoms. The lowest BCUT2D eigenvalue weighted by Gasteiger charge is -2.16. The predicted octanol–water partition coefficient (Wildman–Crippen LogP) is 0.737. The number of rotatable bonds is 0. The maximum absolute atomic E-state index is 9.62. The Morgan fingerprint density at radius 2 is 2.09 bits per heavy atom. The summed E-state index contributed by atoms with van der Waals surface area (Å²) < 4.78 is 0. The lowest BCUT2D eigenvalue weighted by atomic mass is 10.1. The Balaban J connectivity index is 2.56. The van der Waals surface area contributed by atoms with Crippen molar-refractivity contribution in [3.8, 4) is 0 Å². The highest BCUT2D eigenvalue weighted by Gasteiger charge is 2.31. The third-order valence-electron chi connectivity index (χ3n) is 2.26. The van der Waals surface area contributed by atoms with Crippen molar-refractivity contribution in [2.24, 2.45) is 5.73 Å². The second-order valence-corrected chi connectivity index (χ2v) is 3.08. The van der Waals surface area contributed by atoms with Crippen LogP contribution in [-0.4, -0.2) is 5.11 Å². The maximum atomic E-state index is 9.62. The minimum absolute atomic E-state index is 0.645. The Kier molecular flexibility index (Phi) is 1.28. The Morgan fingerprint density at radius 3 is 2.82 bits per heavy atom. The van der Waals surface area contributed by atoms with Crippen LogP contribution in [0.1, 0.15) is 17.5 Å². The van der Waals surface area contributed by atoms with E-state index in [0.29, 0.717) is 6.42 Å². The van der Waals surface area contributed by atoms with Crippen molar-refractivity contribution in [1.82, 2.24) is 0 Å². The van der Waals surface area contributed by atoms with Crippen molar-refractivity contribution in [2.45, 2.75) is 18.6 Å². The summed E-state index contributed by atoms with van der Waals surface area (Å²) in [4.78, 5) is 0. The molecule has 1 aliphatic rings. The molecule has 0 saturated carbocycles. The van der Waals surface area contributed by atoms with Gasteiger partial charge in [-0.25, -0.2) is 0 Å². The quantitative estimate of drug-likeness (QED) is 0.534. The number of hydrogen-bond donors (Lipinski definition) is 2. The fraction of sp³-hybridized carbons (Fsp3) is 0.333. The van der Waals surface area contributed by atoms with Gasteiger partial charge in [-0.1, -0.05) is 24.3 Å². The maximum Gasteiger partial charge on any atom is 0.140 e. The van der Waals surface area contributed by atoms with Crippen LogP contribution in [0.5, 0.6) is 0 Å². The minimum atomic E-state index is -1.07. The summed E-state index contributed by atoms with van der Waals surface area (Å²) in [6.07, 6.45) is 1.54. The molecule has 2 nitrogen and oxygen atoms in total. The van der Waals surface area contributed by atoms with Crippen LogP contribution >= 0.6 is 0 Å². The van der Waals surface area contributed by atoms with E-state index in [1.807, 2.05) is 24.3 Å². The standard InChI is InChI=1S/C9H11NO/c10-9(11)6-5-7-3-1-2-4-8(7)9/h1-4,11H,5-6,10H2/t9-/m0/s1. The van der Waals surface area contributed by atoms with Gasteiger partial charge in [0.15, 0.2) is 0 Å². The highest BCUT2D eigenvalue weighted by molar-refractivity contribution is 5.35. The Hall–Kier alpha value is -0.860. The second kappa shape index (κ2) is 2.06. The molecule has 0 bridgehead atoms. The van der Waals surface area contributed by atoms with Gasteiger partial charge in [0.2, 0.25) is 0 Å². The van der Waals surface area contributed by atoms with Crippen LogP contribution in [0.3, 0.4) is 0 Å². The molecule has 1 aromatic rings. The molecule has 0 aliphatic heterocycles. The predicted molar refractivity (Wildman–Crippen MR) is 42.8 cm³/mol. The molecule has 1 aliphatic carbocycles. The van der Waals surface area contributed by atoms with Gasteiger partial charge in [0.25, 0.3) is 0 Å². The normalized spacial score (nSPS) is 28.5. The average molecular weight is 149 g/mol. The molecule has 58 valence electrons. The van der Waals surface area contributed by atoms with Crippen LogP contribution < -0.4 is 5.73 Å². The van der Waals surface area contributed by atoms with Gasteiger partial charge in [0.05, 0.1) is 0 Å². The van der Waals surface area contributed by atoms with Gasteiger partial charge >= 0.3 is 0 Å². The van der Waals surface area contributed by atoms with Gasteiger partial charge in [0, 0.05) is 5.56 Å². The molecule has 2 rings (SSSR count). The second-order valence-electron chi connectivity index (χ2n) is 3.08. The summed E-state index contributed by atoms with van der Waals surface area (Å²) in [5.41, 5.74) is 6.64. The van der Waals surface area contributed by atoms with Crippen molar-refractivity contribution in [2.75, 3.05) is 0 Å². The Morgan fingerprint density at radius 1 is 1.36 bits per heavy atom. The lowest BCUT2D eigenvalue weighted by molar-refractivity contribution is 0.0458. The van der Waals surface area contributed by atoms with Crippen LogP contribution in [-0.2, 0) is 12.1 Å². The van der Waals surface area contributed by atoms with Crippen molar-refractivity contribution < 1.29 is 5.11 Å². The Bertz CT molecular complexity index is 281. The fourth-order valence-corrected chi connectivity index (χ4v) is 1.62. The zero-order valence-electron chi connectivity index (χ0n) is 6.25. The first kappa shape index (κ1) is 6.83. The molecule has 0 radical (unpaired) electrons. The molecular formula is C9H11NO. The van der Waals surface area contributed by atoms with E-state index < -0.39 is 5.72 Å². The molecule has 0 aromatic heterocycles.